The molecule has 0 radical (unpaired) electrons. The van der Waals surface area contributed by atoms with Crippen molar-refractivity contribution in [3.05, 3.63) is 47.8 Å². The van der Waals surface area contributed by atoms with Crippen LogP contribution in [0.5, 0.6) is 5.75 Å². The zero-order chi connectivity index (χ0) is 12.3. The van der Waals surface area contributed by atoms with Gasteiger partial charge in [-0.05, 0) is 37.6 Å². The number of nitrogens with zero attached hydrogens (tertiary/aromatic N) is 2. The molecule has 0 fully saturated rings. The summed E-state index contributed by atoms with van der Waals surface area (Å²) in [4.78, 5) is 4.06. The molecular formula is C13H15FN2O. The maximum absolute atomic E-state index is 13.1. The number of rotatable bonds is 4. The molecule has 0 atom stereocenters. The average molecular weight is 234 g/mol. The van der Waals surface area contributed by atoms with Gasteiger partial charge < -0.3 is 9.30 Å². The van der Waals surface area contributed by atoms with Crippen LogP contribution in [0.15, 0.2) is 30.7 Å². The molecule has 1 heterocycles. The van der Waals surface area contributed by atoms with Crippen LogP contribution in [-0.2, 0) is 13.2 Å². The first-order valence-corrected chi connectivity index (χ1v) is 5.58. The molecule has 0 N–H and O–H groups in total. The van der Waals surface area contributed by atoms with Gasteiger partial charge in [0.25, 0.3) is 0 Å². The highest BCUT2D eigenvalue weighted by Gasteiger charge is 2.03. The van der Waals surface area contributed by atoms with E-state index in [9.17, 15) is 4.39 Å². The fourth-order valence-corrected chi connectivity index (χ4v) is 1.62. The summed E-state index contributed by atoms with van der Waals surface area (Å²) in [5, 5.41) is 0. The average Bonchev–Trinajstić information content (AvgIpc) is 2.78. The highest BCUT2D eigenvalue weighted by atomic mass is 19.1. The zero-order valence-electron chi connectivity index (χ0n) is 9.98. The van der Waals surface area contributed by atoms with E-state index in [1.54, 1.807) is 31.6 Å². The molecule has 0 aliphatic carbocycles. The predicted octanol–water partition coefficient (Wildman–Crippen LogP) is 2.93. The van der Waals surface area contributed by atoms with Crippen LogP contribution in [0.1, 0.15) is 18.2 Å². The minimum absolute atomic E-state index is 0.212. The number of aromatic nitrogens is 2. The first-order chi connectivity index (χ1) is 8.20. The van der Waals surface area contributed by atoms with Crippen LogP contribution in [-0.4, -0.2) is 9.55 Å². The van der Waals surface area contributed by atoms with Crippen molar-refractivity contribution in [2.24, 2.45) is 0 Å². The Morgan fingerprint density at radius 1 is 1.41 bits per heavy atom. The Balaban J connectivity index is 2.05. The normalized spacial score (nSPS) is 10.5. The second-order valence-electron chi connectivity index (χ2n) is 3.87. The summed E-state index contributed by atoms with van der Waals surface area (Å²) in [6.07, 6.45) is 3.55. The van der Waals surface area contributed by atoms with Crippen molar-refractivity contribution in [2.75, 3.05) is 0 Å². The molecule has 3 nitrogen and oxygen atoms in total. The van der Waals surface area contributed by atoms with E-state index in [2.05, 4.69) is 4.98 Å². The molecule has 2 aromatic rings. The van der Waals surface area contributed by atoms with E-state index in [0.717, 1.165) is 12.2 Å². The summed E-state index contributed by atoms with van der Waals surface area (Å²) in [6.45, 7) is 5.08. The van der Waals surface area contributed by atoms with E-state index >= 15 is 0 Å². The third-order valence-electron chi connectivity index (χ3n) is 2.66. The highest BCUT2D eigenvalue weighted by Crippen LogP contribution is 2.17. The van der Waals surface area contributed by atoms with E-state index in [-0.39, 0.29) is 5.82 Å². The first-order valence-electron chi connectivity index (χ1n) is 5.58. The number of aryl methyl sites for hydroxylation is 2. The molecule has 0 saturated heterocycles. The van der Waals surface area contributed by atoms with Crippen molar-refractivity contribution in [3.63, 3.8) is 0 Å². The van der Waals surface area contributed by atoms with Crippen LogP contribution in [0, 0.1) is 12.7 Å². The van der Waals surface area contributed by atoms with Gasteiger partial charge in [-0.3, -0.25) is 0 Å². The second kappa shape index (κ2) is 4.99. The van der Waals surface area contributed by atoms with Crippen LogP contribution < -0.4 is 4.74 Å². The SMILES string of the molecule is CCn1cncc1COc1ccc(F)c(C)c1. The van der Waals surface area contributed by atoms with Crippen molar-refractivity contribution >= 4 is 0 Å². The van der Waals surface area contributed by atoms with E-state index in [1.807, 2.05) is 11.5 Å². The number of ether oxygens (including phenoxy) is 1. The molecule has 17 heavy (non-hydrogen) atoms. The summed E-state index contributed by atoms with van der Waals surface area (Å²) in [5.41, 5.74) is 1.60. The first kappa shape index (κ1) is 11.6. The Morgan fingerprint density at radius 3 is 2.94 bits per heavy atom. The zero-order valence-corrected chi connectivity index (χ0v) is 9.98. The third kappa shape index (κ3) is 2.64. The lowest BCUT2D eigenvalue weighted by Gasteiger charge is -2.08. The van der Waals surface area contributed by atoms with Crippen LogP contribution in [0.3, 0.4) is 0 Å². The fourth-order valence-electron chi connectivity index (χ4n) is 1.62. The predicted molar refractivity (Wildman–Crippen MR) is 63.4 cm³/mol. The van der Waals surface area contributed by atoms with Crippen LogP contribution in [0.2, 0.25) is 0 Å². The molecule has 90 valence electrons. The van der Waals surface area contributed by atoms with Gasteiger partial charge in [-0.15, -0.1) is 0 Å². The summed E-state index contributed by atoms with van der Waals surface area (Å²) in [6, 6.07) is 4.75. The Labute approximate surface area is 99.9 Å². The number of halogens is 1. The molecular weight excluding hydrogens is 219 g/mol. The number of hydrogen-bond donors (Lipinski definition) is 0. The second-order valence-corrected chi connectivity index (χ2v) is 3.87. The maximum Gasteiger partial charge on any atom is 0.130 e. The number of hydrogen-bond acceptors (Lipinski definition) is 2. The molecule has 0 amide bonds. The summed E-state index contributed by atoms with van der Waals surface area (Å²) < 4.78 is 20.7. The third-order valence-corrected chi connectivity index (χ3v) is 2.66. The van der Waals surface area contributed by atoms with Crippen molar-refractivity contribution in [1.82, 2.24) is 9.55 Å². The molecule has 0 aliphatic rings. The van der Waals surface area contributed by atoms with E-state index < -0.39 is 0 Å². The molecule has 2 rings (SSSR count). The lowest BCUT2D eigenvalue weighted by Crippen LogP contribution is -2.03. The van der Waals surface area contributed by atoms with Gasteiger partial charge in [-0.1, -0.05) is 0 Å². The van der Waals surface area contributed by atoms with E-state index in [4.69, 9.17) is 4.74 Å². The van der Waals surface area contributed by atoms with E-state index in [1.165, 1.54) is 6.07 Å². The number of benzene rings is 1. The largest absolute Gasteiger partial charge is 0.487 e. The van der Waals surface area contributed by atoms with Crippen molar-refractivity contribution in [2.45, 2.75) is 27.0 Å². The molecule has 0 aliphatic heterocycles. The summed E-state index contributed by atoms with van der Waals surface area (Å²) in [7, 11) is 0. The van der Waals surface area contributed by atoms with Crippen LogP contribution in [0.4, 0.5) is 4.39 Å². The molecule has 0 saturated carbocycles. The maximum atomic E-state index is 13.1. The van der Waals surface area contributed by atoms with Gasteiger partial charge in [0.15, 0.2) is 0 Å². The fraction of sp³-hybridized carbons (Fsp3) is 0.308. The summed E-state index contributed by atoms with van der Waals surface area (Å²) in [5.74, 6) is 0.462. The molecule has 1 aromatic carbocycles. The van der Waals surface area contributed by atoms with Gasteiger partial charge in [0.2, 0.25) is 0 Å². The van der Waals surface area contributed by atoms with Crippen LogP contribution in [0.25, 0.3) is 0 Å². The lowest BCUT2D eigenvalue weighted by atomic mass is 10.2. The molecule has 1 aromatic heterocycles. The minimum Gasteiger partial charge on any atom is -0.487 e. The smallest absolute Gasteiger partial charge is 0.130 e. The van der Waals surface area contributed by atoms with Crippen molar-refractivity contribution < 1.29 is 9.13 Å². The van der Waals surface area contributed by atoms with Gasteiger partial charge in [-0.2, -0.15) is 0 Å². The highest BCUT2D eigenvalue weighted by molar-refractivity contribution is 5.28. The lowest BCUT2D eigenvalue weighted by molar-refractivity contribution is 0.294. The molecule has 0 unspecified atom stereocenters. The van der Waals surface area contributed by atoms with Gasteiger partial charge in [0, 0.05) is 6.54 Å². The minimum atomic E-state index is -0.212. The molecule has 0 spiro atoms. The van der Waals surface area contributed by atoms with Gasteiger partial charge >= 0.3 is 0 Å². The molecule has 4 heteroatoms. The van der Waals surface area contributed by atoms with Crippen LogP contribution >= 0.6 is 0 Å². The van der Waals surface area contributed by atoms with Crippen molar-refractivity contribution in [3.8, 4) is 5.75 Å². The topological polar surface area (TPSA) is 27.1 Å². The molecule has 0 bridgehead atoms. The summed E-state index contributed by atoms with van der Waals surface area (Å²) >= 11 is 0. The Bertz CT molecular complexity index is 508. The van der Waals surface area contributed by atoms with Crippen molar-refractivity contribution in [1.29, 1.82) is 0 Å². The quantitative estimate of drug-likeness (QED) is 0.813. The van der Waals surface area contributed by atoms with Gasteiger partial charge in [0.05, 0.1) is 18.2 Å². The standard InChI is InChI=1S/C13H15FN2O/c1-3-16-9-15-7-11(16)8-17-12-4-5-13(14)10(2)6-12/h4-7,9H,3,8H2,1-2H3. The Morgan fingerprint density at radius 2 is 2.24 bits per heavy atom. The van der Waals surface area contributed by atoms with E-state index in [0.29, 0.717) is 17.9 Å². The Hall–Kier alpha value is -1.84. The van der Waals surface area contributed by atoms with Gasteiger partial charge in [0.1, 0.15) is 18.2 Å². The number of imidazole rings is 1. The Kier molecular flexibility index (Phi) is 3.42. The monoisotopic (exact) mass is 234 g/mol. The van der Waals surface area contributed by atoms with Gasteiger partial charge in [-0.25, -0.2) is 9.37 Å².